The zero-order chi connectivity index (χ0) is 12.1. The molecule has 1 heterocycles. The second-order valence-corrected chi connectivity index (χ2v) is 3.06. The molecule has 0 saturated heterocycles. The van der Waals surface area contributed by atoms with Crippen LogP contribution in [0.3, 0.4) is 0 Å². The minimum Gasteiger partial charge on any atom is -0.479 e. The Hall–Kier alpha value is -1.89. The molecule has 16 heavy (non-hydrogen) atoms. The predicted octanol–water partition coefficient (Wildman–Crippen LogP) is 0.0335. The van der Waals surface area contributed by atoms with E-state index in [1.54, 1.807) is 0 Å². The van der Waals surface area contributed by atoms with Crippen LogP contribution >= 0.6 is 11.6 Å². The number of aromatic nitrogens is 2. The van der Waals surface area contributed by atoms with Crippen molar-refractivity contribution >= 4 is 29.4 Å². The summed E-state index contributed by atoms with van der Waals surface area (Å²) in [6.45, 7) is -0.109. The zero-order valence-electron chi connectivity index (χ0n) is 8.45. The summed E-state index contributed by atoms with van der Waals surface area (Å²) in [5.41, 5.74) is 5.51. The fourth-order valence-electron chi connectivity index (χ4n) is 1.02. The van der Waals surface area contributed by atoms with E-state index in [1.807, 2.05) is 0 Å². The molecule has 8 heteroatoms. The normalized spacial score (nSPS) is 9.62. The van der Waals surface area contributed by atoms with E-state index in [9.17, 15) is 4.79 Å². The lowest BCUT2D eigenvalue weighted by molar-refractivity contribution is -0.116. The number of primary amides is 1. The molecule has 0 unspecified atom stereocenters. The highest BCUT2D eigenvalue weighted by atomic mass is 35.5. The highest BCUT2D eigenvalue weighted by Crippen LogP contribution is 2.25. The lowest BCUT2D eigenvalue weighted by atomic mass is 10.3. The Morgan fingerprint density at radius 3 is 2.88 bits per heavy atom. The summed E-state index contributed by atoms with van der Waals surface area (Å²) in [7, 11) is 1.39. The largest absolute Gasteiger partial charge is 0.479 e. The molecule has 7 nitrogen and oxygen atoms in total. The van der Waals surface area contributed by atoms with Crippen LogP contribution in [0.25, 0.3) is 0 Å². The Labute approximate surface area is 96.5 Å². The highest BCUT2D eigenvalue weighted by Gasteiger charge is 2.13. The molecule has 1 aromatic rings. The first-order valence-corrected chi connectivity index (χ1v) is 4.60. The first kappa shape index (κ1) is 12.2. The Balaban J connectivity index is 3.11. The van der Waals surface area contributed by atoms with E-state index in [2.05, 4.69) is 15.3 Å². The van der Waals surface area contributed by atoms with E-state index in [1.165, 1.54) is 7.11 Å². The molecule has 1 rings (SSSR count). The molecule has 86 valence electrons. The molecule has 1 aromatic heterocycles. The van der Waals surface area contributed by atoms with Gasteiger partial charge in [0, 0.05) is 6.21 Å². The molecule has 0 radical (unpaired) electrons. The molecule has 0 spiro atoms. The topological polar surface area (TPSA) is 114 Å². The van der Waals surface area contributed by atoms with Crippen molar-refractivity contribution < 1.29 is 9.53 Å². The monoisotopic (exact) mass is 243 g/mol. The van der Waals surface area contributed by atoms with Crippen LogP contribution in [0.1, 0.15) is 5.69 Å². The first-order chi connectivity index (χ1) is 7.58. The Morgan fingerprint density at radius 2 is 2.38 bits per heavy atom. The lowest BCUT2D eigenvalue weighted by Gasteiger charge is -2.10. The molecule has 0 aliphatic heterocycles. The minimum atomic E-state index is -0.548. The van der Waals surface area contributed by atoms with Gasteiger partial charge in [0.15, 0.2) is 0 Å². The smallest absolute Gasteiger partial charge is 0.242 e. The molecule has 4 N–H and O–H groups in total. The van der Waals surface area contributed by atoms with Crippen molar-refractivity contribution in [2.45, 2.75) is 0 Å². The molecule has 1 amide bonds. The summed E-state index contributed by atoms with van der Waals surface area (Å²) in [5, 5.41) is 9.79. The number of rotatable bonds is 5. The Kier molecular flexibility index (Phi) is 4.01. The van der Waals surface area contributed by atoms with E-state index < -0.39 is 5.91 Å². The van der Waals surface area contributed by atoms with Crippen LogP contribution in [0.2, 0.25) is 5.28 Å². The first-order valence-electron chi connectivity index (χ1n) is 4.22. The molecule has 0 fully saturated rings. The SMILES string of the molecule is COc1nc(Cl)nc(C=N)c1NCC(N)=O. The van der Waals surface area contributed by atoms with Gasteiger partial charge < -0.3 is 21.2 Å². The Morgan fingerprint density at radius 1 is 1.69 bits per heavy atom. The number of hydrogen-bond donors (Lipinski definition) is 3. The Bertz CT molecular complexity index is 423. The fourth-order valence-corrected chi connectivity index (χ4v) is 1.19. The number of carbonyl (C=O) groups is 1. The number of amides is 1. The quantitative estimate of drug-likeness (QED) is 0.499. The van der Waals surface area contributed by atoms with Crippen LogP contribution in [-0.4, -0.2) is 35.7 Å². The third kappa shape index (κ3) is 2.80. The summed E-state index contributed by atoms with van der Waals surface area (Å²) < 4.78 is 4.95. The van der Waals surface area contributed by atoms with Crippen molar-refractivity contribution in [3.8, 4) is 5.88 Å². The van der Waals surface area contributed by atoms with E-state index in [-0.39, 0.29) is 23.4 Å². The summed E-state index contributed by atoms with van der Waals surface area (Å²) in [6.07, 6.45) is 0.972. The van der Waals surface area contributed by atoms with Crippen LogP contribution < -0.4 is 15.8 Å². The number of ether oxygens (including phenoxy) is 1. The number of nitrogens with two attached hydrogens (primary N) is 1. The van der Waals surface area contributed by atoms with E-state index in [4.69, 9.17) is 27.5 Å². The van der Waals surface area contributed by atoms with Gasteiger partial charge in [0.2, 0.25) is 17.1 Å². The average molecular weight is 244 g/mol. The highest BCUT2D eigenvalue weighted by molar-refractivity contribution is 6.28. The maximum Gasteiger partial charge on any atom is 0.242 e. The second-order valence-electron chi connectivity index (χ2n) is 2.73. The van der Waals surface area contributed by atoms with E-state index in [0.29, 0.717) is 5.69 Å². The molecule has 0 aliphatic rings. The molecule has 0 saturated carbocycles. The third-order valence-electron chi connectivity index (χ3n) is 1.65. The molecular formula is C8H10ClN5O2. The van der Waals surface area contributed by atoms with Gasteiger partial charge in [0.1, 0.15) is 11.4 Å². The second kappa shape index (κ2) is 5.26. The molecule has 0 atom stereocenters. The van der Waals surface area contributed by atoms with Crippen LogP contribution in [0.5, 0.6) is 5.88 Å². The van der Waals surface area contributed by atoms with E-state index >= 15 is 0 Å². The molecule has 0 bridgehead atoms. The molecule has 0 aliphatic carbocycles. The van der Waals surface area contributed by atoms with Gasteiger partial charge in [0.25, 0.3) is 0 Å². The van der Waals surface area contributed by atoms with Gasteiger partial charge in [-0.1, -0.05) is 0 Å². The van der Waals surface area contributed by atoms with Crippen LogP contribution in [0.4, 0.5) is 5.69 Å². The standard InChI is InChI=1S/C8H10ClN5O2/c1-16-7-6(12-3-5(11)15)4(2-10)13-8(9)14-7/h2,10,12H,3H2,1H3,(H2,11,15). The third-order valence-corrected chi connectivity index (χ3v) is 1.82. The number of nitrogens with one attached hydrogen (secondary N) is 2. The van der Waals surface area contributed by atoms with Gasteiger partial charge in [-0.3, -0.25) is 4.79 Å². The molecule has 0 aromatic carbocycles. The van der Waals surface area contributed by atoms with Crippen molar-refractivity contribution in [2.75, 3.05) is 19.0 Å². The van der Waals surface area contributed by atoms with Crippen LogP contribution in [-0.2, 0) is 4.79 Å². The number of anilines is 1. The average Bonchev–Trinajstić information content (AvgIpc) is 2.25. The van der Waals surface area contributed by atoms with Gasteiger partial charge in [-0.15, -0.1) is 0 Å². The minimum absolute atomic E-state index is 0.0417. The van der Waals surface area contributed by atoms with Gasteiger partial charge in [-0.25, -0.2) is 4.98 Å². The van der Waals surface area contributed by atoms with Gasteiger partial charge in [0.05, 0.1) is 13.7 Å². The van der Waals surface area contributed by atoms with Gasteiger partial charge in [-0.2, -0.15) is 4.98 Å². The summed E-state index contributed by atoms with van der Waals surface area (Å²) in [4.78, 5) is 18.2. The van der Waals surface area contributed by atoms with Crippen molar-refractivity contribution in [3.05, 3.63) is 11.0 Å². The number of carbonyl (C=O) groups excluding carboxylic acids is 1. The van der Waals surface area contributed by atoms with Crippen molar-refractivity contribution in [1.29, 1.82) is 5.41 Å². The maximum absolute atomic E-state index is 10.6. The fraction of sp³-hybridized carbons (Fsp3) is 0.250. The van der Waals surface area contributed by atoms with Gasteiger partial charge >= 0.3 is 0 Å². The van der Waals surface area contributed by atoms with Crippen LogP contribution in [0.15, 0.2) is 0 Å². The zero-order valence-corrected chi connectivity index (χ0v) is 9.21. The number of nitrogens with zero attached hydrogens (tertiary/aromatic N) is 2. The van der Waals surface area contributed by atoms with Crippen LogP contribution in [0, 0.1) is 5.41 Å². The van der Waals surface area contributed by atoms with E-state index in [0.717, 1.165) is 6.21 Å². The summed E-state index contributed by atoms with van der Waals surface area (Å²) in [6, 6.07) is 0. The van der Waals surface area contributed by atoms with Crippen molar-refractivity contribution in [2.24, 2.45) is 5.73 Å². The number of halogens is 1. The summed E-state index contributed by atoms with van der Waals surface area (Å²) in [5.74, 6) is -0.396. The predicted molar refractivity (Wildman–Crippen MR) is 59.2 cm³/mol. The van der Waals surface area contributed by atoms with Crippen molar-refractivity contribution in [1.82, 2.24) is 9.97 Å². The maximum atomic E-state index is 10.6. The van der Waals surface area contributed by atoms with Crippen molar-refractivity contribution in [3.63, 3.8) is 0 Å². The lowest BCUT2D eigenvalue weighted by Crippen LogP contribution is -2.23. The number of methoxy groups -OCH3 is 1. The molecular weight excluding hydrogens is 234 g/mol. The van der Waals surface area contributed by atoms with Gasteiger partial charge in [-0.05, 0) is 11.6 Å². The number of hydrogen-bond acceptors (Lipinski definition) is 6. The summed E-state index contributed by atoms with van der Waals surface area (Å²) >= 11 is 5.62.